The van der Waals surface area contributed by atoms with E-state index in [0.717, 1.165) is 6.42 Å². The molecule has 0 aromatic rings. The average Bonchev–Trinajstić information content (AvgIpc) is 2.37. The zero-order valence-corrected chi connectivity index (χ0v) is 19.3. The van der Waals surface area contributed by atoms with Gasteiger partial charge in [0.2, 0.25) is 0 Å². The molecule has 138 valence electrons. The molecule has 0 heterocycles. The van der Waals surface area contributed by atoms with Crippen LogP contribution in [-0.4, -0.2) is 43.6 Å². The lowest BCUT2D eigenvalue weighted by molar-refractivity contribution is -0.137. The second kappa shape index (κ2) is 15.5. The molecule has 0 spiro atoms. The van der Waals surface area contributed by atoms with Gasteiger partial charge < -0.3 is 10.2 Å². The molecule has 0 unspecified atom stereocenters. The molecular formula is C17H31BrO4Si2. The van der Waals surface area contributed by atoms with Gasteiger partial charge >= 0.3 is 11.9 Å². The van der Waals surface area contributed by atoms with Gasteiger partial charge in [-0.1, -0.05) is 55.2 Å². The Morgan fingerprint density at radius 3 is 1.58 bits per heavy atom. The van der Waals surface area contributed by atoms with Crippen LogP contribution in [0.3, 0.4) is 0 Å². The van der Waals surface area contributed by atoms with Gasteiger partial charge in [0.05, 0.1) is 6.42 Å². The van der Waals surface area contributed by atoms with Crippen LogP contribution in [0.2, 0.25) is 39.3 Å². The number of carboxylic acids is 2. The maximum absolute atomic E-state index is 10.1. The fraction of sp³-hybridized carbons (Fsp3) is 0.647. The molecule has 0 aromatic carbocycles. The molecule has 0 radical (unpaired) electrons. The summed E-state index contributed by atoms with van der Waals surface area (Å²) in [6.07, 6.45) is 6.95. The van der Waals surface area contributed by atoms with E-state index in [1.807, 2.05) is 0 Å². The van der Waals surface area contributed by atoms with Gasteiger partial charge in [-0.15, -0.1) is 23.4 Å². The summed E-state index contributed by atoms with van der Waals surface area (Å²) in [6, 6.07) is 0. The van der Waals surface area contributed by atoms with E-state index in [1.54, 1.807) is 0 Å². The number of alkyl halides is 1. The van der Waals surface area contributed by atoms with Crippen molar-refractivity contribution in [1.29, 1.82) is 0 Å². The predicted octanol–water partition coefficient (Wildman–Crippen LogP) is 4.48. The van der Waals surface area contributed by atoms with Crippen molar-refractivity contribution in [3.05, 3.63) is 0 Å². The maximum atomic E-state index is 10.1. The minimum absolute atomic E-state index is 0.208. The lowest BCUT2D eigenvalue weighted by Crippen LogP contribution is -2.16. The van der Waals surface area contributed by atoms with Gasteiger partial charge in [0.15, 0.2) is 0 Å². The number of hydrogen-bond donors (Lipinski definition) is 2. The summed E-state index contributed by atoms with van der Waals surface area (Å²) < 4.78 is 0. The van der Waals surface area contributed by atoms with Gasteiger partial charge in [0.25, 0.3) is 0 Å². The predicted molar refractivity (Wildman–Crippen MR) is 111 cm³/mol. The smallest absolute Gasteiger partial charge is 0.304 e. The number of carbonyl (C=O) groups is 2. The summed E-state index contributed by atoms with van der Waals surface area (Å²) >= 11 is 2.97. The summed E-state index contributed by atoms with van der Waals surface area (Å²) in [6.45, 7) is 13.0. The second-order valence-electron chi connectivity index (χ2n) is 7.03. The quantitative estimate of drug-likeness (QED) is 0.289. The summed E-state index contributed by atoms with van der Waals surface area (Å²) in [7, 11) is -2.35. The molecule has 0 atom stereocenters. The van der Waals surface area contributed by atoms with Gasteiger partial charge in [-0.25, -0.2) is 0 Å². The molecule has 0 bridgehead atoms. The minimum atomic E-state index is -1.24. The van der Waals surface area contributed by atoms with Crippen LogP contribution in [0.1, 0.15) is 25.7 Å². The number of unbranched alkanes of at least 4 members (excludes halogenated alkanes) is 1. The molecule has 0 fully saturated rings. The number of rotatable bonds is 5. The van der Waals surface area contributed by atoms with Gasteiger partial charge in [-0.3, -0.25) is 9.59 Å². The van der Waals surface area contributed by atoms with E-state index in [0.29, 0.717) is 11.8 Å². The first-order chi connectivity index (χ1) is 10.7. The Labute approximate surface area is 157 Å². The lowest BCUT2D eigenvalue weighted by Gasteiger charge is -2.02. The molecule has 4 nitrogen and oxygen atoms in total. The molecule has 0 saturated heterocycles. The van der Waals surface area contributed by atoms with E-state index in [9.17, 15) is 9.59 Å². The first-order valence-electron chi connectivity index (χ1n) is 7.72. The Bertz CT molecular complexity index is 460. The van der Waals surface area contributed by atoms with E-state index in [-0.39, 0.29) is 12.8 Å². The Morgan fingerprint density at radius 1 is 0.958 bits per heavy atom. The molecule has 7 heteroatoms. The van der Waals surface area contributed by atoms with Gasteiger partial charge in [-0.2, -0.15) is 0 Å². The first-order valence-corrected chi connectivity index (χ1v) is 15.8. The third kappa shape index (κ3) is 42.9. The van der Waals surface area contributed by atoms with Crippen LogP contribution in [0.15, 0.2) is 0 Å². The largest absolute Gasteiger partial charge is 0.481 e. The van der Waals surface area contributed by atoms with Crippen LogP contribution in [0.5, 0.6) is 0 Å². The van der Waals surface area contributed by atoms with E-state index in [2.05, 4.69) is 72.2 Å². The van der Waals surface area contributed by atoms with Gasteiger partial charge in [0.1, 0.15) is 16.1 Å². The van der Waals surface area contributed by atoms with Crippen molar-refractivity contribution >= 4 is 44.0 Å². The van der Waals surface area contributed by atoms with Crippen LogP contribution >= 0.6 is 15.9 Å². The number of carboxylic acid groups (broad SMARTS) is 2. The topological polar surface area (TPSA) is 74.6 Å². The average molecular weight is 436 g/mol. The highest BCUT2D eigenvalue weighted by atomic mass is 79.9. The van der Waals surface area contributed by atoms with Crippen molar-refractivity contribution in [3.8, 4) is 23.4 Å². The van der Waals surface area contributed by atoms with E-state index >= 15 is 0 Å². The molecule has 2 N–H and O–H groups in total. The monoisotopic (exact) mass is 434 g/mol. The Morgan fingerprint density at radius 2 is 1.38 bits per heavy atom. The van der Waals surface area contributed by atoms with Crippen molar-refractivity contribution < 1.29 is 19.8 Å². The Kier molecular flexibility index (Phi) is 18.0. The number of hydrogen-bond acceptors (Lipinski definition) is 2. The van der Waals surface area contributed by atoms with Crippen LogP contribution in [0.4, 0.5) is 0 Å². The molecule has 0 rings (SSSR count). The highest BCUT2D eigenvalue weighted by molar-refractivity contribution is 9.09. The van der Waals surface area contributed by atoms with Crippen molar-refractivity contribution in [3.63, 3.8) is 0 Å². The molecular weight excluding hydrogens is 404 g/mol. The van der Waals surface area contributed by atoms with Crippen LogP contribution in [-0.2, 0) is 9.59 Å². The van der Waals surface area contributed by atoms with Gasteiger partial charge in [-0.05, 0) is 6.42 Å². The second-order valence-corrected chi connectivity index (χ2v) is 17.4. The molecule has 0 aliphatic carbocycles. The summed E-state index contributed by atoms with van der Waals surface area (Å²) in [5, 5.41) is 16.8. The maximum Gasteiger partial charge on any atom is 0.304 e. The van der Waals surface area contributed by atoms with E-state index < -0.39 is 28.1 Å². The van der Waals surface area contributed by atoms with Crippen molar-refractivity contribution in [2.45, 2.75) is 65.0 Å². The molecule has 0 saturated carbocycles. The standard InChI is InChI=1S/C9H16O2Si.C5H10Si.C3H5BrO2/c1-12(2,3)8-6-4-5-7-9(10)11;1-5-6(2,3)4;4-2-1-3(5)6/h4-5,7H2,1-3H3,(H,10,11);1H,2-4H3;1-2H2,(H,5,6). The fourth-order valence-corrected chi connectivity index (χ4v) is 1.73. The molecule has 0 amide bonds. The van der Waals surface area contributed by atoms with E-state index in [4.69, 9.17) is 16.6 Å². The normalized spacial score (nSPS) is 9.75. The summed E-state index contributed by atoms with van der Waals surface area (Å²) in [4.78, 5) is 19.7. The molecule has 0 aliphatic rings. The van der Waals surface area contributed by atoms with Crippen molar-refractivity contribution in [1.82, 2.24) is 0 Å². The zero-order chi connectivity index (χ0) is 19.8. The molecule has 0 aromatic heterocycles. The zero-order valence-electron chi connectivity index (χ0n) is 15.7. The van der Waals surface area contributed by atoms with Crippen LogP contribution in [0.25, 0.3) is 0 Å². The minimum Gasteiger partial charge on any atom is -0.481 e. The molecule has 0 aliphatic heterocycles. The third-order valence-corrected chi connectivity index (χ3v) is 4.09. The fourth-order valence-electron chi connectivity index (χ4n) is 0.737. The van der Waals surface area contributed by atoms with Crippen molar-refractivity contribution in [2.24, 2.45) is 0 Å². The SMILES string of the molecule is C#C[Si](C)(C)C.C[Si](C)(C)C#CCCCC(=O)O.O=C(O)CCBr. The Balaban J connectivity index is -0.000000309. The first kappa shape index (κ1) is 27.8. The van der Waals surface area contributed by atoms with Crippen LogP contribution < -0.4 is 0 Å². The van der Waals surface area contributed by atoms with Crippen LogP contribution in [0, 0.1) is 23.4 Å². The number of halogens is 1. The highest BCUT2D eigenvalue weighted by Gasteiger charge is 2.07. The third-order valence-electron chi connectivity index (χ3n) is 1.90. The summed E-state index contributed by atoms with van der Waals surface area (Å²) in [5.74, 6) is 1.54. The highest BCUT2D eigenvalue weighted by Crippen LogP contribution is 1.98. The molecule has 24 heavy (non-hydrogen) atoms. The van der Waals surface area contributed by atoms with Crippen molar-refractivity contribution in [2.75, 3.05) is 5.33 Å². The number of aliphatic carboxylic acids is 2. The van der Waals surface area contributed by atoms with E-state index in [1.165, 1.54) is 0 Å². The van der Waals surface area contributed by atoms with Gasteiger partial charge in [0, 0.05) is 18.2 Å². The number of terminal acetylenes is 1. The Hall–Kier alpha value is -1.03. The lowest BCUT2D eigenvalue weighted by atomic mass is 10.2. The summed E-state index contributed by atoms with van der Waals surface area (Å²) in [5.41, 5.74) is 5.93.